The highest BCUT2D eigenvalue weighted by Gasteiger charge is 2.07. The number of hydrogen-bond donors (Lipinski definition) is 1. The van der Waals surface area contributed by atoms with Gasteiger partial charge in [0.25, 0.3) is 11.5 Å². The van der Waals surface area contributed by atoms with Gasteiger partial charge in [0, 0.05) is 18.2 Å². The molecule has 1 heterocycles. The topological polar surface area (TPSA) is 82.5 Å². The van der Waals surface area contributed by atoms with Gasteiger partial charge in [-0.25, -0.2) is 9.07 Å². The van der Waals surface area contributed by atoms with Gasteiger partial charge in [-0.05, 0) is 42.5 Å². The van der Waals surface area contributed by atoms with Crippen LogP contribution in [-0.2, 0) is 11.3 Å². The average molecular weight is 397 g/mol. The molecule has 1 N–H and O–H groups in total. The Morgan fingerprint density at radius 1 is 1.10 bits per heavy atom. The number of nitrogens with one attached hydrogen (secondary N) is 1. The molecule has 0 saturated heterocycles. The van der Waals surface area contributed by atoms with Crippen LogP contribution >= 0.6 is 0 Å². The molecule has 2 aromatic carbocycles. The maximum Gasteiger partial charge on any atom is 0.266 e. The van der Waals surface area contributed by atoms with Crippen molar-refractivity contribution in [2.75, 3.05) is 20.3 Å². The smallest absolute Gasteiger partial charge is 0.266 e. The number of aromatic nitrogens is 2. The second-order valence-electron chi connectivity index (χ2n) is 6.08. The Labute approximate surface area is 166 Å². The molecule has 3 rings (SSSR count). The van der Waals surface area contributed by atoms with E-state index in [2.05, 4.69) is 10.4 Å². The van der Waals surface area contributed by atoms with Crippen molar-refractivity contribution in [3.63, 3.8) is 0 Å². The summed E-state index contributed by atoms with van der Waals surface area (Å²) in [5.74, 6) is -0.228. The predicted molar refractivity (Wildman–Crippen MR) is 105 cm³/mol. The molecule has 150 valence electrons. The number of amides is 1. The van der Waals surface area contributed by atoms with E-state index < -0.39 is 11.7 Å². The molecule has 29 heavy (non-hydrogen) atoms. The van der Waals surface area contributed by atoms with Gasteiger partial charge >= 0.3 is 0 Å². The molecule has 0 atom stereocenters. The molecule has 7 nitrogen and oxygen atoms in total. The lowest BCUT2D eigenvalue weighted by atomic mass is 10.1. The van der Waals surface area contributed by atoms with E-state index in [0.29, 0.717) is 5.69 Å². The van der Waals surface area contributed by atoms with Crippen molar-refractivity contribution in [1.82, 2.24) is 15.1 Å². The molecule has 0 bridgehead atoms. The Bertz CT molecular complexity index is 1030. The number of benzene rings is 2. The fourth-order valence-electron chi connectivity index (χ4n) is 2.58. The fraction of sp³-hybridized carbons (Fsp3) is 0.190. The Morgan fingerprint density at radius 3 is 2.59 bits per heavy atom. The minimum atomic E-state index is -0.536. The molecule has 0 saturated carbocycles. The first-order valence-corrected chi connectivity index (χ1v) is 8.93. The van der Waals surface area contributed by atoms with Gasteiger partial charge in [0.15, 0.2) is 18.2 Å². The van der Waals surface area contributed by atoms with E-state index in [9.17, 15) is 14.0 Å². The van der Waals surface area contributed by atoms with Crippen molar-refractivity contribution in [1.29, 1.82) is 0 Å². The van der Waals surface area contributed by atoms with Crippen LogP contribution in [0.2, 0.25) is 0 Å². The summed E-state index contributed by atoms with van der Waals surface area (Å²) in [6.07, 6.45) is 0. The molecule has 1 aromatic heterocycles. The van der Waals surface area contributed by atoms with Gasteiger partial charge in [-0.2, -0.15) is 5.10 Å². The number of carbonyl (C=O) groups excluding carboxylic acids is 1. The van der Waals surface area contributed by atoms with E-state index in [1.165, 1.54) is 28.9 Å². The van der Waals surface area contributed by atoms with E-state index in [0.717, 1.165) is 11.3 Å². The summed E-state index contributed by atoms with van der Waals surface area (Å²) < 4.78 is 25.0. The molecular weight excluding hydrogens is 377 g/mol. The third-order valence-electron chi connectivity index (χ3n) is 4.09. The summed E-state index contributed by atoms with van der Waals surface area (Å²) in [6.45, 7) is 0.0435. The second-order valence-corrected chi connectivity index (χ2v) is 6.08. The summed E-state index contributed by atoms with van der Waals surface area (Å²) in [5, 5.41) is 6.95. The molecule has 0 aliphatic heterocycles. The van der Waals surface area contributed by atoms with E-state index in [4.69, 9.17) is 9.47 Å². The fourth-order valence-corrected chi connectivity index (χ4v) is 2.58. The highest BCUT2D eigenvalue weighted by Crippen LogP contribution is 2.19. The Balaban J connectivity index is 1.55. The van der Waals surface area contributed by atoms with Gasteiger partial charge in [0.2, 0.25) is 0 Å². The maximum absolute atomic E-state index is 13.5. The number of rotatable bonds is 8. The van der Waals surface area contributed by atoms with Crippen molar-refractivity contribution in [3.05, 3.63) is 76.8 Å². The number of hydrogen-bond acceptors (Lipinski definition) is 5. The quantitative estimate of drug-likeness (QED) is 0.631. The van der Waals surface area contributed by atoms with Crippen LogP contribution in [0.15, 0.2) is 65.5 Å². The van der Waals surface area contributed by atoms with Crippen LogP contribution in [-0.4, -0.2) is 35.9 Å². The van der Waals surface area contributed by atoms with Crippen molar-refractivity contribution in [2.45, 2.75) is 6.54 Å². The standard InChI is InChI=1S/C21H20FN3O4/c1-28-16-8-6-15(7-9-16)18-10-11-21(27)25(24-18)13-12-23-20(26)14-29-19-5-3-2-4-17(19)22/h2-11H,12-14H2,1H3,(H,23,26). The summed E-state index contributed by atoms with van der Waals surface area (Å²) in [4.78, 5) is 23.9. The van der Waals surface area contributed by atoms with Gasteiger partial charge < -0.3 is 14.8 Å². The van der Waals surface area contributed by atoms with Gasteiger partial charge in [-0.1, -0.05) is 12.1 Å². The van der Waals surface area contributed by atoms with Crippen LogP contribution in [0.4, 0.5) is 4.39 Å². The first-order valence-electron chi connectivity index (χ1n) is 8.93. The maximum atomic E-state index is 13.5. The van der Waals surface area contributed by atoms with Crippen molar-refractivity contribution >= 4 is 5.91 Å². The Hall–Kier alpha value is -3.68. The Morgan fingerprint density at radius 2 is 1.86 bits per heavy atom. The van der Waals surface area contributed by atoms with Crippen LogP contribution < -0.4 is 20.3 Å². The normalized spacial score (nSPS) is 10.4. The molecular formula is C21H20FN3O4. The predicted octanol–water partition coefficient (Wildman–Crippen LogP) is 2.25. The summed E-state index contributed by atoms with van der Waals surface area (Å²) >= 11 is 0. The van der Waals surface area contributed by atoms with E-state index in [1.54, 1.807) is 19.2 Å². The van der Waals surface area contributed by atoms with Crippen molar-refractivity contribution < 1.29 is 18.7 Å². The van der Waals surface area contributed by atoms with Crippen LogP contribution in [0, 0.1) is 5.82 Å². The summed E-state index contributed by atoms with van der Waals surface area (Å²) in [6, 6.07) is 16.2. The zero-order valence-corrected chi connectivity index (χ0v) is 15.8. The minimum Gasteiger partial charge on any atom is -0.497 e. The van der Waals surface area contributed by atoms with Crippen molar-refractivity contribution in [3.8, 4) is 22.8 Å². The number of para-hydroxylation sites is 1. The van der Waals surface area contributed by atoms with Gasteiger partial charge in [0.05, 0.1) is 19.3 Å². The molecule has 3 aromatic rings. The van der Waals surface area contributed by atoms with Crippen molar-refractivity contribution in [2.24, 2.45) is 0 Å². The van der Waals surface area contributed by atoms with Gasteiger partial charge in [-0.15, -0.1) is 0 Å². The summed E-state index contributed by atoms with van der Waals surface area (Å²) in [7, 11) is 1.59. The lowest BCUT2D eigenvalue weighted by molar-refractivity contribution is -0.123. The zero-order valence-electron chi connectivity index (χ0n) is 15.8. The monoisotopic (exact) mass is 397 g/mol. The number of halogens is 1. The number of methoxy groups -OCH3 is 1. The van der Waals surface area contributed by atoms with Gasteiger partial charge in [0.1, 0.15) is 5.75 Å². The molecule has 0 aliphatic carbocycles. The third-order valence-corrected chi connectivity index (χ3v) is 4.09. The largest absolute Gasteiger partial charge is 0.497 e. The zero-order chi connectivity index (χ0) is 20.6. The average Bonchev–Trinajstić information content (AvgIpc) is 2.74. The number of nitrogens with zero attached hydrogens (tertiary/aromatic N) is 2. The summed E-state index contributed by atoms with van der Waals surface area (Å²) in [5.41, 5.74) is 1.18. The minimum absolute atomic E-state index is 0.00716. The lowest BCUT2D eigenvalue weighted by Gasteiger charge is -2.10. The third kappa shape index (κ3) is 5.41. The molecule has 0 fully saturated rings. The molecule has 0 aliphatic rings. The van der Waals surface area contributed by atoms with Crippen LogP contribution in [0.5, 0.6) is 11.5 Å². The van der Waals surface area contributed by atoms with E-state index in [1.807, 2.05) is 24.3 Å². The molecule has 0 unspecified atom stereocenters. The van der Waals surface area contributed by atoms with Gasteiger partial charge in [-0.3, -0.25) is 9.59 Å². The van der Waals surface area contributed by atoms with Crippen LogP contribution in [0.1, 0.15) is 0 Å². The van der Waals surface area contributed by atoms with Crippen LogP contribution in [0.3, 0.4) is 0 Å². The van der Waals surface area contributed by atoms with E-state index >= 15 is 0 Å². The first-order chi connectivity index (χ1) is 14.1. The van der Waals surface area contributed by atoms with Crippen LogP contribution in [0.25, 0.3) is 11.3 Å². The molecule has 8 heteroatoms. The first kappa shape index (κ1) is 20.1. The second kappa shape index (κ2) is 9.50. The lowest BCUT2D eigenvalue weighted by Crippen LogP contribution is -2.34. The molecule has 1 amide bonds. The molecule has 0 spiro atoms. The highest BCUT2D eigenvalue weighted by atomic mass is 19.1. The Kier molecular flexibility index (Phi) is 6.57. The van der Waals surface area contributed by atoms with E-state index in [-0.39, 0.29) is 31.0 Å². The number of ether oxygens (including phenoxy) is 2. The SMILES string of the molecule is COc1ccc(-c2ccc(=O)n(CCNC(=O)COc3ccccc3F)n2)cc1. The highest BCUT2D eigenvalue weighted by molar-refractivity contribution is 5.77. The number of carbonyl (C=O) groups is 1. The molecule has 0 radical (unpaired) electrons.